The van der Waals surface area contributed by atoms with Crippen molar-refractivity contribution in [3.63, 3.8) is 0 Å². The number of rotatable bonds is 6. The lowest BCUT2D eigenvalue weighted by Gasteiger charge is -2.18. The van der Waals surface area contributed by atoms with Crippen molar-refractivity contribution in [3.8, 4) is 5.75 Å². The van der Waals surface area contributed by atoms with Crippen LogP contribution in [-0.2, 0) is 9.53 Å². The summed E-state index contributed by atoms with van der Waals surface area (Å²) in [4.78, 5) is 25.3. The molecule has 0 saturated carbocycles. The van der Waals surface area contributed by atoms with Gasteiger partial charge in [-0.05, 0) is 25.1 Å². The molecule has 0 spiro atoms. The number of ether oxygens (including phenoxy) is 2. The van der Waals surface area contributed by atoms with Gasteiger partial charge in [0.1, 0.15) is 17.1 Å². The van der Waals surface area contributed by atoms with E-state index in [0.29, 0.717) is 22.8 Å². The second kappa shape index (κ2) is 8.23. The summed E-state index contributed by atoms with van der Waals surface area (Å²) in [6.07, 6.45) is 0.291. The van der Waals surface area contributed by atoms with Gasteiger partial charge in [-0.15, -0.1) is 0 Å². The zero-order valence-electron chi connectivity index (χ0n) is 15.0. The number of amides is 1. The molecule has 0 aliphatic rings. The number of hydrogen-bond acceptors (Lipinski definition) is 5. The molecule has 27 heavy (non-hydrogen) atoms. The van der Waals surface area contributed by atoms with Crippen LogP contribution in [0.4, 0.5) is 5.69 Å². The molecule has 0 radical (unpaired) electrons. The van der Waals surface area contributed by atoms with Gasteiger partial charge in [-0.3, -0.25) is 4.79 Å². The van der Waals surface area contributed by atoms with Crippen LogP contribution in [0.3, 0.4) is 0 Å². The fourth-order valence-electron chi connectivity index (χ4n) is 2.58. The summed E-state index contributed by atoms with van der Waals surface area (Å²) in [7, 11) is 1.54. The largest absolute Gasteiger partial charge is 0.497 e. The molecule has 0 bridgehead atoms. The predicted octanol–water partition coefficient (Wildman–Crippen LogP) is 4.13. The summed E-state index contributed by atoms with van der Waals surface area (Å²) in [6.45, 7) is 1.66. The zero-order chi connectivity index (χ0) is 19.2. The Bertz CT molecular complexity index is 933. The second-order valence-electron chi connectivity index (χ2n) is 5.81. The van der Waals surface area contributed by atoms with Gasteiger partial charge in [0.25, 0.3) is 5.91 Å². The Morgan fingerprint density at radius 3 is 2.48 bits per heavy atom. The van der Waals surface area contributed by atoms with Crippen LogP contribution in [0.1, 0.15) is 27.8 Å². The van der Waals surface area contributed by atoms with E-state index < -0.39 is 18.0 Å². The zero-order valence-corrected chi connectivity index (χ0v) is 15.0. The quantitative estimate of drug-likeness (QED) is 0.665. The SMILES string of the molecule is COc1cccc(NC(=O)[C@H](OC(=O)c2ccoc2C)c2ccccc2)c1. The van der Waals surface area contributed by atoms with Crippen molar-refractivity contribution in [1.29, 1.82) is 0 Å². The molecule has 3 aromatic rings. The molecule has 0 aliphatic carbocycles. The Balaban J connectivity index is 1.84. The van der Waals surface area contributed by atoms with Crippen LogP contribution in [0.2, 0.25) is 0 Å². The topological polar surface area (TPSA) is 77.8 Å². The van der Waals surface area contributed by atoms with E-state index in [9.17, 15) is 9.59 Å². The Morgan fingerprint density at radius 2 is 1.81 bits per heavy atom. The van der Waals surface area contributed by atoms with Crippen molar-refractivity contribution in [1.82, 2.24) is 0 Å². The van der Waals surface area contributed by atoms with Crippen LogP contribution >= 0.6 is 0 Å². The first-order chi connectivity index (χ1) is 13.1. The first-order valence-corrected chi connectivity index (χ1v) is 8.33. The summed E-state index contributed by atoms with van der Waals surface area (Å²) in [5, 5.41) is 2.76. The Kier molecular flexibility index (Phi) is 5.56. The molecular weight excluding hydrogens is 346 g/mol. The van der Waals surface area contributed by atoms with Crippen LogP contribution in [0.25, 0.3) is 0 Å². The number of benzene rings is 2. The van der Waals surface area contributed by atoms with Crippen molar-refractivity contribution in [2.75, 3.05) is 12.4 Å². The van der Waals surface area contributed by atoms with Gasteiger partial charge < -0.3 is 19.2 Å². The summed E-state index contributed by atoms with van der Waals surface area (Å²) in [6, 6.07) is 17.3. The van der Waals surface area contributed by atoms with E-state index >= 15 is 0 Å². The van der Waals surface area contributed by atoms with Crippen molar-refractivity contribution < 1.29 is 23.5 Å². The van der Waals surface area contributed by atoms with Gasteiger partial charge >= 0.3 is 5.97 Å². The molecular formula is C21H19NO5. The lowest BCUT2D eigenvalue weighted by molar-refractivity contribution is -0.125. The van der Waals surface area contributed by atoms with Crippen LogP contribution in [-0.4, -0.2) is 19.0 Å². The lowest BCUT2D eigenvalue weighted by Crippen LogP contribution is -2.26. The maximum absolute atomic E-state index is 12.9. The molecule has 1 heterocycles. The number of methoxy groups -OCH3 is 1. The van der Waals surface area contributed by atoms with Crippen molar-refractivity contribution in [3.05, 3.63) is 83.8 Å². The summed E-state index contributed by atoms with van der Waals surface area (Å²) >= 11 is 0. The third-order valence-electron chi connectivity index (χ3n) is 3.98. The fourth-order valence-corrected chi connectivity index (χ4v) is 2.58. The first kappa shape index (κ1) is 18.3. The minimum Gasteiger partial charge on any atom is -0.497 e. The molecule has 0 unspecified atom stereocenters. The van der Waals surface area contributed by atoms with Crippen molar-refractivity contribution >= 4 is 17.6 Å². The molecule has 1 aromatic heterocycles. The summed E-state index contributed by atoms with van der Waals surface area (Å²) < 4.78 is 15.8. The Labute approximate surface area is 156 Å². The van der Waals surface area contributed by atoms with E-state index in [2.05, 4.69) is 5.32 Å². The highest BCUT2D eigenvalue weighted by Crippen LogP contribution is 2.24. The number of carbonyl (C=O) groups excluding carboxylic acids is 2. The van der Waals surface area contributed by atoms with Crippen LogP contribution in [0.15, 0.2) is 71.3 Å². The number of furan rings is 1. The molecule has 0 fully saturated rings. The summed E-state index contributed by atoms with van der Waals surface area (Å²) in [5.41, 5.74) is 1.38. The van der Waals surface area contributed by atoms with Crippen LogP contribution in [0.5, 0.6) is 5.75 Å². The van der Waals surface area contributed by atoms with Gasteiger partial charge in [-0.1, -0.05) is 36.4 Å². The molecule has 1 N–H and O–H groups in total. The summed E-state index contributed by atoms with van der Waals surface area (Å²) in [5.74, 6) is -0.0602. The van der Waals surface area contributed by atoms with Gasteiger partial charge in [0.05, 0.1) is 13.4 Å². The van der Waals surface area contributed by atoms with Gasteiger partial charge in [0, 0.05) is 17.3 Å². The molecule has 3 rings (SSSR count). The lowest BCUT2D eigenvalue weighted by atomic mass is 10.1. The number of hydrogen-bond donors (Lipinski definition) is 1. The van der Waals surface area contributed by atoms with Crippen molar-refractivity contribution in [2.24, 2.45) is 0 Å². The van der Waals surface area contributed by atoms with E-state index in [1.807, 2.05) is 6.07 Å². The number of carbonyl (C=O) groups is 2. The minimum atomic E-state index is -1.11. The normalized spacial score (nSPS) is 11.5. The number of esters is 1. The van der Waals surface area contributed by atoms with E-state index in [1.54, 1.807) is 62.6 Å². The van der Waals surface area contributed by atoms with Gasteiger partial charge in [-0.25, -0.2) is 4.79 Å². The number of aryl methyl sites for hydroxylation is 1. The molecule has 6 heteroatoms. The van der Waals surface area contributed by atoms with Crippen molar-refractivity contribution in [2.45, 2.75) is 13.0 Å². The second-order valence-corrected chi connectivity index (χ2v) is 5.81. The third kappa shape index (κ3) is 4.36. The highest BCUT2D eigenvalue weighted by Gasteiger charge is 2.27. The highest BCUT2D eigenvalue weighted by molar-refractivity contribution is 5.98. The molecule has 1 amide bonds. The number of anilines is 1. The molecule has 138 valence electrons. The number of nitrogens with one attached hydrogen (secondary N) is 1. The fraction of sp³-hybridized carbons (Fsp3) is 0.143. The van der Waals surface area contributed by atoms with Gasteiger partial charge in [0.15, 0.2) is 0 Å². The molecule has 2 aromatic carbocycles. The smallest absolute Gasteiger partial charge is 0.342 e. The van der Waals surface area contributed by atoms with Crippen LogP contribution < -0.4 is 10.1 Å². The predicted molar refractivity (Wildman–Crippen MR) is 99.7 cm³/mol. The van der Waals surface area contributed by atoms with E-state index in [4.69, 9.17) is 13.9 Å². The van der Waals surface area contributed by atoms with E-state index in [1.165, 1.54) is 12.3 Å². The van der Waals surface area contributed by atoms with E-state index in [-0.39, 0.29) is 5.56 Å². The van der Waals surface area contributed by atoms with E-state index in [0.717, 1.165) is 0 Å². The minimum absolute atomic E-state index is 0.283. The van der Waals surface area contributed by atoms with Gasteiger partial charge in [-0.2, -0.15) is 0 Å². The average Bonchev–Trinajstić information content (AvgIpc) is 3.12. The monoisotopic (exact) mass is 365 g/mol. The molecule has 1 atom stereocenters. The average molecular weight is 365 g/mol. The standard InChI is InChI=1S/C21H19NO5/c1-14-18(11-12-26-14)21(24)27-19(15-7-4-3-5-8-15)20(23)22-16-9-6-10-17(13-16)25-2/h3-13,19H,1-2H3,(H,22,23)/t19-/m1/s1. The maximum atomic E-state index is 12.9. The third-order valence-corrected chi connectivity index (χ3v) is 3.98. The molecule has 0 aliphatic heterocycles. The van der Waals surface area contributed by atoms with Crippen LogP contribution in [0, 0.1) is 6.92 Å². The Hall–Kier alpha value is -3.54. The molecule has 6 nitrogen and oxygen atoms in total. The molecule has 0 saturated heterocycles. The first-order valence-electron chi connectivity index (χ1n) is 8.33. The van der Waals surface area contributed by atoms with Gasteiger partial charge in [0.2, 0.25) is 6.10 Å². The maximum Gasteiger partial charge on any atom is 0.342 e. The Morgan fingerprint density at radius 1 is 1.04 bits per heavy atom. The highest BCUT2D eigenvalue weighted by atomic mass is 16.5.